The number of carbonyl (C=O) groups excluding carboxylic acids is 3. The number of ether oxygens (including phenoxy) is 5. The van der Waals surface area contributed by atoms with E-state index >= 15 is 0 Å². The molecule has 2 heterocycles. The first-order valence-corrected chi connectivity index (χ1v) is 17.9. The molecule has 12 heteroatoms. The SMILES string of the molecule is CCN1C[C@]2(COC(=O)c3ccccc3N3C(=O)C[C@H](C)C3=O)CC[C@H](OC)[C@]34C5C[C@@H]6[C@@H](OC)C[C@@](O)(C5[C@H]6OC)[C@@](O)([C@H]13)[C@@H](OC)[C@H]24. The third-order valence-electron chi connectivity index (χ3n) is 14.5. The molecule has 14 atom stereocenters. The van der Waals surface area contributed by atoms with Crippen molar-refractivity contribution < 1.29 is 48.3 Å². The zero-order valence-corrected chi connectivity index (χ0v) is 29.3. The molecule has 2 unspecified atom stereocenters. The Morgan fingerprint density at radius 3 is 2.43 bits per heavy atom. The lowest BCUT2D eigenvalue weighted by Crippen LogP contribution is -2.82. The predicted octanol–water partition coefficient (Wildman–Crippen LogP) is 2.04. The summed E-state index contributed by atoms with van der Waals surface area (Å²) in [6.07, 6.45) is 0.813. The highest BCUT2D eigenvalue weighted by Crippen LogP contribution is 2.80. The number of methoxy groups -OCH3 is 4. The second-order valence-corrected chi connectivity index (χ2v) is 16.0. The van der Waals surface area contributed by atoms with Crippen molar-refractivity contribution in [2.75, 3.05) is 53.0 Å². The van der Waals surface area contributed by atoms with Gasteiger partial charge in [-0.3, -0.25) is 14.5 Å². The number of rotatable bonds is 9. The zero-order valence-electron chi connectivity index (χ0n) is 29.3. The predicted molar refractivity (Wildman–Crippen MR) is 174 cm³/mol. The molecule has 268 valence electrons. The number of aliphatic hydroxyl groups is 2. The average molecular weight is 683 g/mol. The third kappa shape index (κ3) is 3.86. The lowest BCUT2D eigenvalue weighted by Gasteiger charge is -2.70. The molecule has 2 amide bonds. The van der Waals surface area contributed by atoms with Gasteiger partial charge in [-0.05, 0) is 43.9 Å². The average Bonchev–Trinajstić information content (AvgIpc) is 3.63. The van der Waals surface area contributed by atoms with E-state index in [1.165, 1.54) is 0 Å². The van der Waals surface area contributed by atoms with E-state index in [9.17, 15) is 24.6 Å². The number of benzene rings is 1. The Morgan fingerprint density at radius 1 is 1.04 bits per heavy atom. The van der Waals surface area contributed by atoms with Gasteiger partial charge < -0.3 is 33.9 Å². The summed E-state index contributed by atoms with van der Waals surface area (Å²) >= 11 is 0. The summed E-state index contributed by atoms with van der Waals surface area (Å²) < 4.78 is 31.4. The van der Waals surface area contributed by atoms with Gasteiger partial charge in [0, 0.05) is 82.3 Å². The highest BCUT2D eigenvalue weighted by atomic mass is 16.5. The van der Waals surface area contributed by atoms with Gasteiger partial charge in [0.2, 0.25) is 11.8 Å². The number of hydrogen-bond acceptors (Lipinski definition) is 11. The molecule has 0 aromatic heterocycles. The number of carbonyl (C=O) groups is 3. The molecule has 2 saturated heterocycles. The fourth-order valence-electron chi connectivity index (χ4n) is 13.2. The second-order valence-electron chi connectivity index (χ2n) is 16.0. The van der Waals surface area contributed by atoms with Crippen LogP contribution in [-0.4, -0.2) is 123 Å². The summed E-state index contributed by atoms with van der Waals surface area (Å²) in [5, 5.41) is 26.6. The fraction of sp³-hybridized carbons (Fsp3) is 0.757. The monoisotopic (exact) mass is 682 g/mol. The number of likely N-dealkylation sites (N-methyl/N-ethyl adjacent to an activating group) is 1. The highest BCUT2D eigenvalue weighted by molar-refractivity contribution is 6.22. The summed E-state index contributed by atoms with van der Waals surface area (Å²) in [6, 6.07) is 6.12. The van der Waals surface area contributed by atoms with Gasteiger partial charge in [-0.25, -0.2) is 9.69 Å². The van der Waals surface area contributed by atoms with E-state index in [0.717, 1.165) is 11.3 Å². The maximum Gasteiger partial charge on any atom is 0.340 e. The normalized spacial score (nSPS) is 48.0. The smallest absolute Gasteiger partial charge is 0.340 e. The van der Waals surface area contributed by atoms with Gasteiger partial charge in [0.1, 0.15) is 11.2 Å². The molecule has 7 fully saturated rings. The zero-order chi connectivity index (χ0) is 34.8. The van der Waals surface area contributed by atoms with Crippen LogP contribution in [0.1, 0.15) is 56.3 Å². The van der Waals surface area contributed by atoms with Crippen LogP contribution >= 0.6 is 0 Å². The number of amides is 2. The number of fused-ring (bicyclic) bond motifs is 2. The summed E-state index contributed by atoms with van der Waals surface area (Å²) in [6.45, 7) is 4.95. The second kappa shape index (κ2) is 11.3. The largest absolute Gasteiger partial charge is 0.461 e. The van der Waals surface area contributed by atoms with E-state index in [1.807, 2.05) is 0 Å². The van der Waals surface area contributed by atoms with Crippen molar-refractivity contribution in [1.29, 1.82) is 0 Å². The maximum atomic E-state index is 14.1. The highest BCUT2D eigenvalue weighted by Gasteiger charge is 2.91. The van der Waals surface area contributed by atoms with Gasteiger partial charge in [-0.15, -0.1) is 0 Å². The molecule has 1 spiro atoms. The van der Waals surface area contributed by atoms with Gasteiger partial charge in [0.05, 0.1) is 48.3 Å². The molecule has 12 nitrogen and oxygen atoms in total. The van der Waals surface area contributed by atoms with Gasteiger partial charge in [0.25, 0.3) is 0 Å². The first-order valence-electron chi connectivity index (χ1n) is 17.9. The van der Waals surface area contributed by atoms with Gasteiger partial charge in [-0.1, -0.05) is 26.0 Å². The molecule has 5 saturated carbocycles. The Kier molecular flexibility index (Phi) is 7.75. The van der Waals surface area contributed by atoms with Crippen molar-refractivity contribution in [2.24, 2.45) is 40.4 Å². The molecule has 8 rings (SSSR count). The molecule has 7 aliphatic rings. The van der Waals surface area contributed by atoms with Crippen LogP contribution in [0.25, 0.3) is 0 Å². The van der Waals surface area contributed by atoms with Crippen LogP contribution in [0.15, 0.2) is 24.3 Å². The van der Waals surface area contributed by atoms with E-state index in [-0.39, 0.29) is 84.5 Å². The van der Waals surface area contributed by atoms with E-state index in [1.54, 1.807) is 59.6 Å². The van der Waals surface area contributed by atoms with Gasteiger partial charge in [-0.2, -0.15) is 0 Å². The van der Waals surface area contributed by atoms with E-state index in [4.69, 9.17) is 23.7 Å². The van der Waals surface area contributed by atoms with E-state index in [0.29, 0.717) is 25.9 Å². The Balaban J connectivity index is 1.23. The molecular formula is C37H50N2O10. The minimum absolute atomic E-state index is 0.0358. The molecule has 7 bridgehead atoms. The van der Waals surface area contributed by atoms with Gasteiger partial charge in [0.15, 0.2) is 0 Å². The molecule has 1 aromatic carbocycles. The van der Waals surface area contributed by atoms with Crippen LogP contribution < -0.4 is 4.90 Å². The number of piperidine rings is 1. The number of para-hydroxylation sites is 1. The molecule has 1 aromatic rings. The minimum atomic E-state index is -1.70. The number of likely N-dealkylation sites (tertiary alicyclic amines) is 1. The molecule has 49 heavy (non-hydrogen) atoms. The standard InChI is InChI=1S/C37H50N2O10/c1-7-38-17-34(18-49-32(42)20-10-8-9-11-23(20)39-26(40)14-19(2)31(39)41)13-12-25(46-4)36-22-15-21-24(45-3)16-35(43,27(22)28(21)47-5)37(44,33(36)38)30(48-6)29(34)36/h8-11,19,21-22,24-25,27-30,33,43-44H,7,12-18H2,1-6H3/t19-,21+,22?,24-,25-,27?,28-,29+,30-,33+,34-,35+,36-,37-/m0/s1. The van der Waals surface area contributed by atoms with Crippen molar-refractivity contribution in [3.05, 3.63) is 29.8 Å². The van der Waals surface area contributed by atoms with Crippen LogP contribution in [-0.2, 0) is 33.3 Å². The van der Waals surface area contributed by atoms with E-state index in [2.05, 4.69) is 11.8 Å². The first-order chi connectivity index (χ1) is 23.4. The Hall–Kier alpha value is -2.45. The van der Waals surface area contributed by atoms with Crippen LogP contribution in [0.2, 0.25) is 0 Å². The minimum Gasteiger partial charge on any atom is -0.461 e. The van der Waals surface area contributed by atoms with Crippen molar-refractivity contribution in [2.45, 2.75) is 87.6 Å². The molecule has 2 aliphatic heterocycles. The molecule has 0 radical (unpaired) electrons. The first kappa shape index (κ1) is 33.7. The number of imide groups is 1. The molecule has 2 N–H and O–H groups in total. The van der Waals surface area contributed by atoms with Crippen molar-refractivity contribution in [3.63, 3.8) is 0 Å². The van der Waals surface area contributed by atoms with Crippen molar-refractivity contribution >= 4 is 23.5 Å². The van der Waals surface area contributed by atoms with Gasteiger partial charge >= 0.3 is 5.97 Å². The van der Waals surface area contributed by atoms with Crippen LogP contribution in [0, 0.1) is 40.4 Å². The molecule has 5 aliphatic carbocycles. The summed E-state index contributed by atoms with van der Waals surface area (Å²) in [5.74, 6) is -2.47. The lowest BCUT2D eigenvalue weighted by molar-refractivity contribution is -0.320. The van der Waals surface area contributed by atoms with E-state index < -0.39 is 46.1 Å². The Labute approximate surface area is 287 Å². The van der Waals surface area contributed by atoms with Crippen molar-refractivity contribution in [1.82, 2.24) is 4.90 Å². The molecular weight excluding hydrogens is 632 g/mol. The van der Waals surface area contributed by atoms with Crippen molar-refractivity contribution in [3.8, 4) is 0 Å². The lowest BCUT2D eigenvalue weighted by atomic mass is 9.42. The topological polar surface area (TPSA) is 144 Å². The summed E-state index contributed by atoms with van der Waals surface area (Å²) in [4.78, 5) is 43.3. The summed E-state index contributed by atoms with van der Waals surface area (Å²) in [5.41, 5.74) is -4.17. The van der Waals surface area contributed by atoms with Crippen LogP contribution in [0.4, 0.5) is 5.69 Å². The summed E-state index contributed by atoms with van der Waals surface area (Å²) in [7, 11) is 6.70. The number of nitrogens with zero attached hydrogens (tertiary/aromatic N) is 2. The number of hydrogen-bond donors (Lipinski definition) is 2. The van der Waals surface area contributed by atoms with Crippen LogP contribution in [0.5, 0.6) is 0 Å². The number of anilines is 1. The Morgan fingerprint density at radius 2 is 1.80 bits per heavy atom. The maximum absolute atomic E-state index is 14.1. The number of esters is 1. The van der Waals surface area contributed by atoms with Crippen LogP contribution in [0.3, 0.4) is 0 Å². The fourth-order valence-corrected chi connectivity index (χ4v) is 13.2. The Bertz CT molecular complexity index is 1560. The quantitative estimate of drug-likeness (QED) is 0.292. The third-order valence-corrected chi connectivity index (χ3v) is 14.5.